The van der Waals surface area contributed by atoms with E-state index in [0.717, 1.165) is 43.5 Å². The Morgan fingerprint density at radius 2 is 1.96 bits per heavy atom. The predicted molar refractivity (Wildman–Crippen MR) is 95.7 cm³/mol. The lowest BCUT2D eigenvalue weighted by atomic mass is 10.1. The average molecular weight is 340 g/mol. The normalized spacial score (nSPS) is 15.8. The van der Waals surface area contributed by atoms with Gasteiger partial charge in [-0.25, -0.2) is 14.6 Å². The molecule has 3 aromatic rings. The van der Waals surface area contributed by atoms with Crippen LogP contribution in [0.5, 0.6) is 0 Å². The summed E-state index contributed by atoms with van der Waals surface area (Å²) in [5.41, 5.74) is 2.38. The lowest BCUT2D eigenvalue weighted by Gasteiger charge is -2.34. The van der Waals surface area contributed by atoms with Gasteiger partial charge in [0.1, 0.15) is 12.7 Å². The number of nitrogens with zero attached hydrogens (tertiary/aromatic N) is 6. The van der Waals surface area contributed by atoms with Crippen molar-refractivity contribution in [3.8, 4) is 5.69 Å². The number of hydrogen-bond donors (Lipinski definition) is 0. The van der Waals surface area contributed by atoms with Crippen molar-refractivity contribution in [2.24, 2.45) is 0 Å². The molecule has 1 fully saturated rings. The molecule has 1 aromatic carbocycles. The van der Waals surface area contributed by atoms with Gasteiger partial charge in [0, 0.05) is 43.8 Å². The molecule has 0 bridgehead atoms. The molecule has 0 N–H and O–H groups in total. The molecule has 0 unspecified atom stereocenters. The van der Waals surface area contributed by atoms with E-state index >= 15 is 0 Å². The van der Waals surface area contributed by atoms with Crippen molar-refractivity contribution in [1.29, 1.82) is 0 Å². The number of thiazole rings is 1. The van der Waals surface area contributed by atoms with Crippen LogP contribution < -0.4 is 4.90 Å². The van der Waals surface area contributed by atoms with E-state index in [1.165, 1.54) is 10.4 Å². The average Bonchev–Trinajstić information content (AvgIpc) is 3.28. The Bertz CT molecular complexity index is 789. The summed E-state index contributed by atoms with van der Waals surface area (Å²) in [6.45, 7) is 7.19. The van der Waals surface area contributed by atoms with Crippen LogP contribution in [0.4, 0.5) is 5.13 Å². The quantitative estimate of drug-likeness (QED) is 0.730. The highest BCUT2D eigenvalue weighted by Gasteiger charge is 2.20. The van der Waals surface area contributed by atoms with Crippen LogP contribution in [0, 0.1) is 6.92 Å². The summed E-state index contributed by atoms with van der Waals surface area (Å²) < 4.78 is 1.84. The Balaban J connectivity index is 1.43. The molecule has 0 amide bonds. The molecule has 6 nitrogen and oxygen atoms in total. The third-order valence-corrected chi connectivity index (χ3v) is 5.28. The number of piperazine rings is 1. The van der Waals surface area contributed by atoms with Crippen molar-refractivity contribution in [3.05, 3.63) is 53.6 Å². The van der Waals surface area contributed by atoms with Crippen LogP contribution in [-0.4, -0.2) is 50.8 Å². The first-order chi connectivity index (χ1) is 11.8. The zero-order valence-corrected chi connectivity index (χ0v) is 14.5. The highest BCUT2D eigenvalue weighted by Crippen LogP contribution is 2.23. The topological polar surface area (TPSA) is 50.1 Å². The summed E-state index contributed by atoms with van der Waals surface area (Å²) in [4.78, 5) is 14.7. The Morgan fingerprint density at radius 3 is 2.67 bits per heavy atom. The summed E-state index contributed by atoms with van der Waals surface area (Å²) >= 11 is 1.78. The van der Waals surface area contributed by atoms with E-state index in [-0.39, 0.29) is 0 Å². The van der Waals surface area contributed by atoms with Gasteiger partial charge in [-0.2, -0.15) is 5.10 Å². The highest BCUT2D eigenvalue weighted by atomic mass is 32.1. The molecule has 0 spiro atoms. The number of hydrogen-bond acceptors (Lipinski definition) is 6. The maximum absolute atomic E-state index is 4.50. The lowest BCUT2D eigenvalue weighted by molar-refractivity contribution is 0.249. The number of rotatable bonds is 4. The first-order valence-electron chi connectivity index (χ1n) is 8.12. The third-order valence-electron chi connectivity index (χ3n) is 4.30. The Hall–Kier alpha value is -2.25. The molecule has 3 heterocycles. The van der Waals surface area contributed by atoms with Gasteiger partial charge in [0.15, 0.2) is 5.13 Å². The van der Waals surface area contributed by atoms with Gasteiger partial charge in [-0.1, -0.05) is 18.2 Å². The van der Waals surface area contributed by atoms with E-state index in [0.29, 0.717) is 0 Å². The van der Waals surface area contributed by atoms with E-state index in [2.05, 4.69) is 50.0 Å². The van der Waals surface area contributed by atoms with Gasteiger partial charge >= 0.3 is 0 Å². The van der Waals surface area contributed by atoms with Gasteiger partial charge in [0.2, 0.25) is 0 Å². The molecule has 24 heavy (non-hydrogen) atoms. The van der Waals surface area contributed by atoms with E-state index in [1.54, 1.807) is 24.0 Å². The van der Waals surface area contributed by atoms with E-state index in [1.807, 2.05) is 16.9 Å². The van der Waals surface area contributed by atoms with Crippen LogP contribution in [0.25, 0.3) is 5.69 Å². The molecule has 2 aromatic heterocycles. The fourth-order valence-corrected chi connectivity index (χ4v) is 3.84. The first kappa shape index (κ1) is 15.3. The molecule has 1 saturated heterocycles. The minimum absolute atomic E-state index is 0.931. The number of aryl methyl sites for hydroxylation is 1. The van der Waals surface area contributed by atoms with Gasteiger partial charge in [-0.3, -0.25) is 4.90 Å². The summed E-state index contributed by atoms with van der Waals surface area (Å²) in [6.07, 6.45) is 5.29. The van der Waals surface area contributed by atoms with Gasteiger partial charge in [0.05, 0.1) is 5.69 Å². The fraction of sp³-hybridized carbons (Fsp3) is 0.353. The van der Waals surface area contributed by atoms with Crippen LogP contribution in [-0.2, 0) is 6.54 Å². The standard InChI is InChI=1S/C17H20N6S/c1-14-10-19-17(24-14)22-8-6-21(7-9-22)11-15-4-2-3-5-16(15)23-13-18-12-20-23/h2-5,10,12-13H,6-9,11H2,1H3. The molecule has 124 valence electrons. The molecular weight excluding hydrogens is 320 g/mol. The summed E-state index contributed by atoms with van der Waals surface area (Å²) in [5.74, 6) is 0. The zero-order chi connectivity index (χ0) is 16.4. The number of benzene rings is 1. The van der Waals surface area contributed by atoms with Crippen LogP contribution >= 0.6 is 11.3 Å². The van der Waals surface area contributed by atoms with Crippen molar-refractivity contribution in [2.45, 2.75) is 13.5 Å². The summed E-state index contributed by atoms with van der Waals surface area (Å²) in [5, 5.41) is 5.41. The van der Waals surface area contributed by atoms with Crippen molar-refractivity contribution < 1.29 is 0 Å². The van der Waals surface area contributed by atoms with Crippen molar-refractivity contribution in [3.63, 3.8) is 0 Å². The molecule has 0 saturated carbocycles. The second kappa shape index (κ2) is 6.70. The van der Waals surface area contributed by atoms with E-state index in [4.69, 9.17) is 0 Å². The molecular formula is C17H20N6S. The van der Waals surface area contributed by atoms with E-state index in [9.17, 15) is 0 Å². The highest BCUT2D eigenvalue weighted by molar-refractivity contribution is 7.15. The number of anilines is 1. The molecule has 1 aliphatic rings. The number of para-hydroxylation sites is 1. The fourth-order valence-electron chi connectivity index (χ4n) is 3.03. The van der Waals surface area contributed by atoms with Gasteiger partial charge in [0.25, 0.3) is 0 Å². The largest absolute Gasteiger partial charge is 0.346 e. The van der Waals surface area contributed by atoms with Crippen molar-refractivity contribution >= 4 is 16.5 Å². The Labute approximate surface area is 145 Å². The maximum Gasteiger partial charge on any atom is 0.185 e. The maximum atomic E-state index is 4.50. The molecule has 0 radical (unpaired) electrons. The molecule has 0 aliphatic carbocycles. The summed E-state index contributed by atoms with van der Waals surface area (Å²) in [6, 6.07) is 8.40. The van der Waals surface area contributed by atoms with Gasteiger partial charge in [-0.15, -0.1) is 11.3 Å². The van der Waals surface area contributed by atoms with Gasteiger partial charge < -0.3 is 4.90 Å². The molecule has 0 atom stereocenters. The predicted octanol–water partition coefficient (Wildman–Crippen LogP) is 2.35. The second-order valence-electron chi connectivity index (χ2n) is 5.99. The van der Waals surface area contributed by atoms with Crippen molar-refractivity contribution in [1.82, 2.24) is 24.6 Å². The Kier molecular flexibility index (Phi) is 4.27. The minimum atomic E-state index is 0.931. The smallest absolute Gasteiger partial charge is 0.185 e. The molecule has 4 rings (SSSR count). The lowest BCUT2D eigenvalue weighted by Crippen LogP contribution is -2.46. The van der Waals surface area contributed by atoms with Crippen LogP contribution in [0.15, 0.2) is 43.1 Å². The van der Waals surface area contributed by atoms with Crippen LogP contribution in [0.2, 0.25) is 0 Å². The van der Waals surface area contributed by atoms with Crippen molar-refractivity contribution in [2.75, 3.05) is 31.1 Å². The van der Waals surface area contributed by atoms with Crippen LogP contribution in [0.3, 0.4) is 0 Å². The second-order valence-corrected chi connectivity index (χ2v) is 7.20. The molecule has 1 aliphatic heterocycles. The molecule has 7 heteroatoms. The third kappa shape index (κ3) is 3.18. The first-order valence-corrected chi connectivity index (χ1v) is 8.94. The van der Waals surface area contributed by atoms with Gasteiger partial charge in [-0.05, 0) is 18.6 Å². The Morgan fingerprint density at radius 1 is 1.12 bits per heavy atom. The van der Waals surface area contributed by atoms with E-state index < -0.39 is 0 Å². The summed E-state index contributed by atoms with van der Waals surface area (Å²) in [7, 11) is 0. The zero-order valence-electron chi connectivity index (χ0n) is 13.7. The van der Waals surface area contributed by atoms with Crippen LogP contribution in [0.1, 0.15) is 10.4 Å². The SMILES string of the molecule is Cc1cnc(N2CCN(Cc3ccccc3-n3cncn3)CC2)s1. The monoisotopic (exact) mass is 340 g/mol. The minimum Gasteiger partial charge on any atom is -0.346 e. The number of aromatic nitrogens is 4.